The number of nitrogens with zero attached hydrogens (tertiary/aromatic N) is 3. The Labute approximate surface area is 444 Å². The van der Waals surface area contributed by atoms with E-state index in [1.54, 1.807) is 0 Å². The minimum Gasteiger partial charge on any atom is -0.311 e. The van der Waals surface area contributed by atoms with Crippen LogP contribution in [0.2, 0.25) is 0 Å². The summed E-state index contributed by atoms with van der Waals surface area (Å²) < 4.78 is 0. The summed E-state index contributed by atoms with van der Waals surface area (Å²) in [6.07, 6.45) is 0. The smallest absolute Gasteiger partial charge is 0.0462 e. The quantitative estimate of drug-likeness (QED) is 0.134. The van der Waals surface area contributed by atoms with Gasteiger partial charge in [-0.25, -0.2) is 0 Å². The van der Waals surface area contributed by atoms with Crippen molar-refractivity contribution in [2.75, 3.05) is 14.7 Å². The number of benzene rings is 10. The summed E-state index contributed by atoms with van der Waals surface area (Å²) in [6, 6.07) is 83.4. The SMILES string of the molecule is Cc1ccc(N(c2ccc(C)cc2)c2ccc(C#Cc3cc(C#Cc4ccc(N(c5ccc(C)cc5)c5ccc(C)cc5)cc4)cc(C#Cc4ccc(N(c5ccc(C)cc5)c5ccc(C)cc5)cc4)c3)cc2)cc1. The highest BCUT2D eigenvalue weighted by Crippen LogP contribution is 2.38. The summed E-state index contributed by atoms with van der Waals surface area (Å²) >= 11 is 0. The van der Waals surface area contributed by atoms with Gasteiger partial charge in [0.05, 0.1) is 0 Å². The van der Waals surface area contributed by atoms with Gasteiger partial charge >= 0.3 is 0 Å². The van der Waals surface area contributed by atoms with E-state index in [9.17, 15) is 0 Å². The Hall–Kier alpha value is -9.72. The Morgan fingerprint density at radius 1 is 0.173 bits per heavy atom. The van der Waals surface area contributed by atoms with E-state index in [2.05, 4.69) is 328 Å². The first-order valence-corrected chi connectivity index (χ1v) is 25.4. The van der Waals surface area contributed by atoms with Gasteiger partial charge in [0.15, 0.2) is 0 Å². The molecule has 10 aromatic carbocycles. The van der Waals surface area contributed by atoms with E-state index >= 15 is 0 Å². The summed E-state index contributed by atoms with van der Waals surface area (Å²) in [6.45, 7) is 12.7. The van der Waals surface area contributed by atoms with Crippen molar-refractivity contribution in [2.45, 2.75) is 41.5 Å². The van der Waals surface area contributed by atoms with Crippen molar-refractivity contribution < 1.29 is 0 Å². The Bertz CT molecular complexity index is 3210. The summed E-state index contributed by atoms with van der Waals surface area (Å²) in [5, 5.41) is 0. The van der Waals surface area contributed by atoms with Gasteiger partial charge in [0.1, 0.15) is 0 Å². The molecule has 0 atom stereocenters. The molecule has 0 aromatic heterocycles. The molecule has 75 heavy (non-hydrogen) atoms. The van der Waals surface area contributed by atoms with Crippen molar-refractivity contribution in [1.82, 2.24) is 0 Å². The standard InChI is InChI=1S/C72H57N3/c1-52-7-31-64(32-8-52)73(65-33-9-53(2)10-34-65)70-43-25-58(26-44-70)19-22-61-49-62(23-20-59-27-45-71(46-28-59)74(66-35-11-54(3)12-36-66)67-37-13-55(4)14-38-67)51-63(50-61)24-21-60-29-47-72(48-30-60)75(68-39-15-56(5)16-40-68)69-41-17-57(6)18-42-69/h7-18,25-51H,1-6H3. The van der Waals surface area contributed by atoms with Crippen LogP contribution in [0, 0.1) is 77.1 Å². The predicted octanol–water partition coefficient (Wildman–Crippen LogP) is 18.1. The van der Waals surface area contributed by atoms with Gasteiger partial charge in [-0.05, 0) is 205 Å². The lowest BCUT2D eigenvalue weighted by atomic mass is 10.0. The van der Waals surface area contributed by atoms with Crippen LogP contribution in [-0.2, 0) is 0 Å². The molecule has 0 spiro atoms. The lowest BCUT2D eigenvalue weighted by Gasteiger charge is -2.25. The lowest BCUT2D eigenvalue weighted by molar-refractivity contribution is 1.27. The maximum absolute atomic E-state index is 3.47. The number of aryl methyl sites for hydroxylation is 6. The van der Waals surface area contributed by atoms with Crippen LogP contribution in [0.4, 0.5) is 51.2 Å². The molecular weight excluding hydrogens is 907 g/mol. The van der Waals surface area contributed by atoms with E-state index in [4.69, 9.17) is 0 Å². The first kappa shape index (κ1) is 48.9. The highest BCUT2D eigenvalue weighted by molar-refractivity contribution is 5.80. The number of anilines is 9. The van der Waals surface area contributed by atoms with Gasteiger partial charge in [-0.15, -0.1) is 0 Å². The Kier molecular flexibility index (Phi) is 14.6. The van der Waals surface area contributed by atoms with Crippen LogP contribution in [0.1, 0.15) is 66.8 Å². The van der Waals surface area contributed by atoms with Gasteiger partial charge in [-0.1, -0.05) is 142 Å². The first-order chi connectivity index (χ1) is 36.6. The normalized spacial score (nSPS) is 10.5. The molecule has 0 unspecified atom stereocenters. The van der Waals surface area contributed by atoms with Crippen molar-refractivity contribution in [3.8, 4) is 35.5 Å². The van der Waals surface area contributed by atoms with Crippen LogP contribution in [0.5, 0.6) is 0 Å². The zero-order valence-corrected chi connectivity index (χ0v) is 43.4. The molecule has 0 aliphatic rings. The van der Waals surface area contributed by atoms with E-state index in [1.165, 1.54) is 33.4 Å². The molecule has 10 rings (SSSR count). The molecule has 0 bridgehead atoms. The van der Waals surface area contributed by atoms with E-state index < -0.39 is 0 Å². The average molecular weight is 964 g/mol. The summed E-state index contributed by atoms with van der Waals surface area (Å²) in [7, 11) is 0. The van der Waals surface area contributed by atoms with Gasteiger partial charge < -0.3 is 14.7 Å². The fraction of sp³-hybridized carbons (Fsp3) is 0.0833. The molecule has 0 aliphatic carbocycles. The monoisotopic (exact) mass is 963 g/mol. The highest BCUT2D eigenvalue weighted by atomic mass is 15.2. The third kappa shape index (κ3) is 12.1. The molecule has 0 radical (unpaired) electrons. The third-order valence-electron chi connectivity index (χ3n) is 13.1. The predicted molar refractivity (Wildman–Crippen MR) is 316 cm³/mol. The molecule has 0 saturated carbocycles. The van der Waals surface area contributed by atoms with Gasteiger partial charge in [-0.3, -0.25) is 0 Å². The second kappa shape index (κ2) is 22.4. The van der Waals surface area contributed by atoms with Gasteiger partial charge in [0, 0.05) is 84.6 Å². The van der Waals surface area contributed by atoms with Crippen LogP contribution in [0.3, 0.4) is 0 Å². The maximum Gasteiger partial charge on any atom is 0.0462 e. The van der Waals surface area contributed by atoms with Crippen LogP contribution in [0.25, 0.3) is 0 Å². The number of rotatable bonds is 9. The maximum atomic E-state index is 3.47. The second-order valence-corrected chi connectivity index (χ2v) is 19.2. The Morgan fingerprint density at radius 3 is 0.467 bits per heavy atom. The molecule has 0 saturated heterocycles. The van der Waals surface area contributed by atoms with Crippen molar-refractivity contribution in [2.24, 2.45) is 0 Å². The fourth-order valence-corrected chi connectivity index (χ4v) is 8.86. The van der Waals surface area contributed by atoms with E-state index in [0.29, 0.717) is 0 Å². The van der Waals surface area contributed by atoms with E-state index in [-0.39, 0.29) is 0 Å². The first-order valence-electron chi connectivity index (χ1n) is 25.4. The van der Waals surface area contributed by atoms with E-state index in [1.807, 2.05) is 0 Å². The van der Waals surface area contributed by atoms with E-state index in [0.717, 1.165) is 84.6 Å². The zero-order valence-electron chi connectivity index (χ0n) is 43.4. The largest absolute Gasteiger partial charge is 0.311 e. The fourth-order valence-electron chi connectivity index (χ4n) is 8.86. The molecule has 0 heterocycles. The van der Waals surface area contributed by atoms with Crippen LogP contribution < -0.4 is 14.7 Å². The van der Waals surface area contributed by atoms with Crippen molar-refractivity contribution in [3.05, 3.63) is 303 Å². The molecule has 3 heteroatoms. The average Bonchev–Trinajstić information content (AvgIpc) is 3.44. The number of hydrogen-bond donors (Lipinski definition) is 0. The molecule has 360 valence electrons. The number of hydrogen-bond acceptors (Lipinski definition) is 3. The Balaban J connectivity index is 0.969. The topological polar surface area (TPSA) is 9.72 Å². The van der Waals surface area contributed by atoms with Crippen LogP contribution in [-0.4, -0.2) is 0 Å². The minimum absolute atomic E-state index is 0.834. The van der Waals surface area contributed by atoms with Crippen molar-refractivity contribution >= 4 is 51.2 Å². The van der Waals surface area contributed by atoms with Crippen molar-refractivity contribution in [3.63, 3.8) is 0 Å². The lowest BCUT2D eigenvalue weighted by Crippen LogP contribution is -2.09. The molecule has 0 amide bonds. The van der Waals surface area contributed by atoms with Gasteiger partial charge in [-0.2, -0.15) is 0 Å². The summed E-state index contributed by atoms with van der Waals surface area (Å²) in [4.78, 5) is 6.83. The minimum atomic E-state index is 0.834. The molecular formula is C72H57N3. The highest BCUT2D eigenvalue weighted by Gasteiger charge is 2.15. The van der Waals surface area contributed by atoms with Crippen molar-refractivity contribution in [1.29, 1.82) is 0 Å². The molecule has 0 N–H and O–H groups in total. The van der Waals surface area contributed by atoms with Crippen LogP contribution >= 0.6 is 0 Å². The van der Waals surface area contributed by atoms with Gasteiger partial charge in [0.2, 0.25) is 0 Å². The van der Waals surface area contributed by atoms with Gasteiger partial charge in [0.25, 0.3) is 0 Å². The zero-order chi connectivity index (χ0) is 51.7. The molecule has 0 aliphatic heterocycles. The second-order valence-electron chi connectivity index (χ2n) is 19.2. The molecule has 3 nitrogen and oxygen atoms in total. The van der Waals surface area contributed by atoms with Crippen LogP contribution in [0.15, 0.2) is 237 Å². The summed E-state index contributed by atoms with van der Waals surface area (Å²) in [5.41, 5.74) is 22.3. The third-order valence-corrected chi connectivity index (χ3v) is 13.1. The summed E-state index contributed by atoms with van der Waals surface area (Å²) in [5.74, 6) is 20.8. The Morgan fingerprint density at radius 2 is 0.307 bits per heavy atom. The molecule has 0 fully saturated rings. The molecule has 10 aromatic rings.